The van der Waals surface area contributed by atoms with Gasteiger partial charge in [0.1, 0.15) is 11.4 Å². The van der Waals surface area contributed by atoms with Crippen molar-refractivity contribution in [2.24, 2.45) is 0 Å². The van der Waals surface area contributed by atoms with Crippen molar-refractivity contribution in [1.29, 1.82) is 0 Å². The first-order valence-electron chi connectivity index (χ1n) is 8.05. The van der Waals surface area contributed by atoms with Gasteiger partial charge in [0.05, 0.1) is 24.5 Å². The summed E-state index contributed by atoms with van der Waals surface area (Å²) in [6, 6.07) is 7.91. The highest BCUT2D eigenvalue weighted by Gasteiger charge is 2.31. The number of rotatable bonds is 3. The van der Waals surface area contributed by atoms with E-state index in [4.69, 9.17) is 4.74 Å². The highest BCUT2D eigenvalue weighted by atomic mass is 19.4. The van der Waals surface area contributed by atoms with Crippen LogP contribution in [0.25, 0.3) is 0 Å². The lowest BCUT2D eigenvalue weighted by molar-refractivity contribution is -0.137. The molecule has 2 aromatic rings. The summed E-state index contributed by atoms with van der Waals surface area (Å²) in [6.45, 7) is 0.936. The van der Waals surface area contributed by atoms with Crippen LogP contribution in [0.15, 0.2) is 42.6 Å². The van der Waals surface area contributed by atoms with E-state index in [-0.39, 0.29) is 30.3 Å². The number of aromatic nitrogens is 1. The van der Waals surface area contributed by atoms with Crippen LogP contribution >= 0.6 is 0 Å². The highest BCUT2D eigenvalue weighted by molar-refractivity contribution is 5.92. The van der Waals surface area contributed by atoms with E-state index in [1.165, 1.54) is 24.4 Å². The lowest BCUT2D eigenvalue weighted by Gasteiger charge is -2.33. The Kier molecular flexibility index (Phi) is 5.13. The molecule has 1 aliphatic heterocycles. The molecule has 0 radical (unpaired) electrons. The fraction of sp³-hybridized carbons (Fsp3) is 0.333. The maximum atomic E-state index is 12.8. The van der Waals surface area contributed by atoms with E-state index in [1.54, 1.807) is 11.0 Å². The molecule has 0 aliphatic carbocycles. The smallest absolute Gasteiger partial charge is 0.416 e. The van der Waals surface area contributed by atoms with Crippen LogP contribution < -0.4 is 0 Å². The molecule has 0 unspecified atom stereocenters. The SMILES string of the molecule is O=C(c1ccc(O)cn1)N1CCO[C@H](Cc2cccc(C(F)(F)F)c2)C1. The third kappa shape index (κ3) is 4.32. The number of morpholine rings is 1. The quantitative estimate of drug-likeness (QED) is 0.907. The molecular weight excluding hydrogens is 349 g/mol. The van der Waals surface area contributed by atoms with Crippen molar-refractivity contribution in [2.45, 2.75) is 18.7 Å². The molecule has 1 aromatic heterocycles. The number of hydrogen-bond acceptors (Lipinski definition) is 4. The van der Waals surface area contributed by atoms with Crippen molar-refractivity contribution in [3.8, 4) is 5.75 Å². The highest BCUT2D eigenvalue weighted by Crippen LogP contribution is 2.30. The van der Waals surface area contributed by atoms with Crippen LogP contribution in [-0.2, 0) is 17.3 Å². The van der Waals surface area contributed by atoms with Gasteiger partial charge < -0.3 is 14.7 Å². The van der Waals surface area contributed by atoms with Crippen molar-refractivity contribution < 1.29 is 27.8 Å². The number of ether oxygens (including phenoxy) is 1. The van der Waals surface area contributed by atoms with E-state index in [0.29, 0.717) is 18.7 Å². The summed E-state index contributed by atoms with van der Waals surface area (Å²) in [7, 11) is 0. The second kappa shape index (κ2) is 7.33. The second-order valence-electron chi connectivity index (χ2n) is 6.05. The fourth-order valence-corrected chi connectivity index (χ4v) is 2.84. The van der Waals surface area contributed by atoms with E-state index in [2.05, 4.69) is 4.98 Å². The maximum absolute atomic E-state index is 12.8. The summed E-state index contributed by atoms with van der Waals surface area (Å²) in [5.74, 6) is -0.340. The number of benzene rings is 1. The van der Waals surface area contributed by atoms with Crippen LogP contribution in [0.3, 0.4) is 0 Å². The van der Waals surface area contributed by atoms with E-state index < -0.39 is 17.8 Å². The zero-order valence-corrected chi connectivity index (χ0v) is 13.7. The zero-order chi connectivity index (χ0) is 18.7. The van der Waals surface area contributed by atoms with E-state index >= 15 is 0 Å². The molecule has 5 nitrogen and oxygen atoms in total. The molecule has 8 heteroatoms. The molecule has 1 amide bonds. The zero-order valence-electron chi connectivity index (χ0n) is 13.7. The Balaban J connectivity index is 1.67. The monoisotopic (exact) mass is 366 g/mol. The third-order valence-corrected chi connectivity index (χ3v) is 4.11. The van der Waals surface area contributed by atoms with Crippen molar-refractivity contribution in [3.05, 3.63) is 59.4 Å². The van der Waals surface area contributed by atoms with Crippen molar-refractivity contribution in [2.75, 3.05) is 19.7 Å². The molecule has 1 fully saturated rings. The number of nitrogens with zero attached hydrogens (tertiary/aromatic N) is 2. The Bertz CT molecular complexity index is 778. The first kappa shape index (κ1) is 18.2. The molecule has 0 bridgehead atoms. The minimum Gasteiger partial charge on any atom is -0.506 e. The summed E-state index contributed by atoms with van der Waals surface area (Å²) >= 11 is 0. The Morgan fingerprint density at radius 3 is 2.81 bits per heavy atom. The molecule has 1 saturated heterocycles. The van der Waals surface area contributed by atoms with E-state index in [9.17, 15) is 23.1 Å². The molecule has 0 saturated carbocycles. The van der Waals surface area contributed by atoms with Crippen molar-refractivity contribution in [1.82, 2.24) is 9.88 Å². The van der Waals surface area contributed by atoms with Crippen LogP contribution in [0.4, 0.5) is 13.2 Å². The number of carbonyl (C=O) groups is 1. The lowest BCUT2D eigenvalue weighted by Crippen LogP contribution is -2.46. The van der Waals surface area contributed by atoms with Gasteiger partial charge in [0.25, 0.3) is 5.91 Å². The van der Waals surface area contributed by atoms with Crippen LogP contribution in [-0.4, -0.2) is 46.7 Å². The number of hydrogen-bond donors (Lipinski definition) is 1. The average molecular weight is 366 g/mol. The standard InChI is InChI=1S/C18H17F3N2O3/c19-18(20,21)13-3-1-2-12(8-13)9-15-11-23(6-7-26-15)17(25)16-5-4-14(24)10-22-16/h1-5,8,10,15,24H,6-7,9,11H2/t15-/m1/s1. The largest absolute Gasteiger partial charge is 0.506 e. The molecule has 0 spiro atoms. The number of aromatic hydroxyl groups is 1. The van der Waals surface area contributed by atoms with Crippen LogP contribution in [0.2, 0.25) is 0 Å². The average Bonchev–Trinajstić information content (AvgIpc) is 2.61. The van der Waals surface area contributed by atoms with Gasteiger partial charge in [-0.2, -0.15) is 13.2 Å². The van der Waals surface area contributed by atoms with Gasteiger partial charge in [-0.25, -0.2) is 4.98 Å². The summed E-state index contributed by atoms with van der Waals surface area (Å²) in [5, 5.41) is 9.25. The van der Waals surface area contributed by atoms with E-state index in [1.807, 2.05) is 0 Å². The predicted octanol–water partition coefficient (Wildman–Crippen LogP) is 2.89. The number of halogens is 3. The molecule has 138 valence electrons. The molecule has 26 heavy (non-hydrogen) atoms. The fourth-order valence-electron chi connectivity index (χ4n) is 2.84. The summed E-state index contributed by atoms with van der Waals surface area (Å²) in [4.78, 5) is 17.9. The van der Waals surface area contributed by atoms with Crippen molar-refractivity contribution in [3.63, 3.8) is 0 Å². The Labute approximate surface area is 148 Å². The minimum atomic E-state index is -4.39. The lowest BCUT2D eigenvalue weighted by atomic mass is 10.0. The number of amides is 1. The molecule has 1 aromatic carbocycles. The summed E-state index contributed by atoms with van der Waals surface area (Å²) < 4.78 is 44.1. The maximum Gasteiger partial charge on any atom is 0.416 e. The minimum absolute atomic E-state index is 0.0362. The number of pyridine rings is 1. The Morgan fingerprint density at radius 1 is 1.31 bits per heavy atom. The predicted molar refractivity (Wildman–Crippen MR) is 86.7 cm³/mol. The van der Waals surface area contributed by atoms with Crippen LogP contribution in [0.5, 0.6) is 5.75 Å². The van der Waals surface area contributed by atoms with Gasteiger partial charge in [0.15, 0.2) is 0 Å². The summed E-state index contributed by atoms with van der Waals surface area (Å²) in [5.41, 5.74) is -0.00330. The third-order valence-electron chi connectivity index (χ3n) is 4.11. The van der Waals surface area contributed by atoms with Gasteiger partial charge in [0, 0.05) is 19.5 Å². The first-order valence-corrected chi connectivity index (χ1v) is 8.05. The van der Waals surface area contributed by atoms with Gasteiger partial charge in [-0.1, -0.05) is 18.2 Å². The normalized spacial score (nSPS) is 18.0. The molecule has 2 heterocycles. The van der Waals surface area contributed by atoms with Crippen LogP contribution in [0.1, 0.15) is 21.6 Å². The molecule has 1 N–H and O–H groups in total. The molecule has 1 atom stereocenters. The van der Waals surface area contributed by atoms with Gasteiger partial charge in [0.2, 0.25) is 0 Å². The first-order chi connectivity index (χ1) is 12.3. The van der Waals surface area contributed by atoms with Crippen molar-refractivity contribution >= 4 is 5.91 Å². The topological polar surface area (TPSA) is 62.7 Å². The Hall–Kier alpha value is -2.61. The number of alkyl halides is 3. The van der Waals surface area contributed by atoms with Crippen LogP contribution in [0, 0.1) is 0 Å². The van der Waals surface area contributed by atoms with Gasteiger partial charge in [-0.05, 0) is 23.8 Å². The van der Waals surface area contributed by atoms with Gasteiger partial charge in [-0.15, -0.1) is 0 Å². The Morgan fingerprint density at radius 2 is 2.12 bits per heavy atom. The molecule has 1 aliphatic rings. The van der Waals surface area contributed by atoms with E-state index in [0.717, 1.165) is 12.1 Å². The molecular formula is C18H17F3N2O3. The van der Waals surface area contributed by atoms with Gasteiger partial charge >= 0.3 is 6.18 Å². The number of carbonyl (C=O) groups excluding carboxylic acids is 1. The second-order valence-corrected chi connectivity index (χ2v) is 6.05. The summed E-state index contributed by atoms with van der Waals surface area (Å²) in [6.07, 6.45) is -3.33. The van der Waals surface area contributed by atoms with Gasteiger partial charge in [-0.3, -0.25) is 4.79 Å². The molecule has 3 rings (SSSR count).